The lowest BCUT2D eigenvalue weighted by Gasteiger charge is -2.18. The zero-order valence-corrected chi connectivity index (χ0v) is 25.6. The van der Waals surface area contributed by atoms with E-state index < -0.39 is 23.9 Å². The Labute approximate surface area is 256 Å². The van der Waals surface area contributed by atoms with Crippen molar-refractivity contribution in [3.05, 3.63) is 108 Å². The van der Waals surface area contributed by atoms with Gasteiger partial charge >= 0.3 is 23.9 Å². The van der Waals surface area contributed by atoms with Crippen LogP contribution in [0.2, 0.25) is 0 Å². The fraction of sp³-hybridized carbons (Fsp3) is 0.167. The van der Waals surface area contributed by atoms with E-state index in [-0.39, 0.29) is 22.6 Å². The van der Waals surface area contributed by atoms with Crippen molar-refractivity contribution in [2.75, 3.05) is 0 Å². The number of allylic oxidation sites excluding steroid dienone is 2. The van der Waals surface area contributed by atoms with Gasteiger partial charge in [0.25, 0.3) is 0 Å². The van der Waals surface area contributed by atoms with Crippen LogP contribution in [0.15, 0.2) is 108 Å². The molecular weight excluding hydrogens is 560 g/mol. The van der Waals surface area contributed by atoms with Crippen molar-refractivity contribution in [2.24, 2.45) is 0 Å². The van der Waals surface area contributed by atoms with Gasteiger partial charge in [0.15, 0.2) is 0 Å². The molecule has 0 aliphatic carbocycles. The standard InChI is InChI=1S/C36H34O8/c1-9-23(7)35(39)43-31-19-30(26-13-17-28(18-14-26)42-34(38)22(5)6)32(44-36(40)24(8)10-2)20-29(31)25-11-15-27(16-12-25)41-33(37)21(3)4/h9-20H,3,5H2,1-2,4,6-8H3/b23-9-,24-10-. The second kappa shape index (κ2) is 14.6. The molecule has 0 unspecified atom stereocenters. The van der Waals surface area contributed by atoms with E-state index in [9.17, 15) is 19.2 Å². The normalized spacial score (nSPS) is 11.3. The number of rotatable bonds is 10. The van der Waals surface area contributed by atoms with Crippen LogP contribution in [0.1, 0.15) is 41.5 Å². The van der Waals surface area contributed by atoms with Gasteiger partial charge in [0.05, 0.1) is 0 Å². The Balaban J connectivity index is 2.20. The summed E-state index contributed by atoms with van der Waals surface area (Å²) < 4.78 is 22.3. The van der Waals surface area contributed by atoms with E-state index in [0.717, 1.165) is 0 Å². The lowest BCUT2D eigenvalue weighted by atomic mass is 9.97. The third-order valence-electron chi connectivity index (χ3n) is 6.45. The Morgan fingerprint density at radius 2 is 0.841 bits per heavy atom. The Morgan fingerprint density at radius 1 is 0.523 bits per heavy atom. The van der Waals surface area contributed by atoms with Crippen molar-refractivity contribution < 1.29 is 38.1 Å². The SMILES string of the molecule is C=C(C)C(=O)Oc1ccc(-c2cc(OC(=O)/C(C)=C\C)c(-c3ccc(OC(=O)C(=C)C)cc3)cc2OC(=O)/C(C)=C\C)cc1. The summed E-state index contributed by atoms with van der Waals surface area (Å²) in [6, 6.07) is 16.3. The van der Waals surface area contributed by atoms with Crippen molar-refractivity contribution in [3.63, 3.8) is 0 Å². The highest BCUT2D eigenvalue weighted by molar-refractivity contribution is 5.94. The predicted molar refractivity (Wildman–Crippen MR) is 168 cm³/mol. The van der Waals surface area contributed by atoms with Crippen molar-refractivity contribution >= 4 is 23.9 Å². The lowest BCUT2D eigenvalue weighted by Crippen LogP contribution is -2.12. The minimum absolute atomic E-state index is 0.193. The van der Waals surface area contributed by atoms with Gasteiger partial charge in [-0.2, -0.15) is 0 Å². The minimum Gasteiger partial charge on any atom is -0.423 e. The molecule has 44 heavy (non-hydrogen) atoms. The summed E-state index contributed by atoms with van der Waals surface area (Å²) >= 11 is 0. The summed E-state index contributed by atoms with van der Waals surface area (Å²) in [5, 5.41) is 0. The molecule has 226 valence electrons. The Bertz CT molecular complexity index is 1560. The monoisotopic (exact) mass is 594 g/mol. The fourth-order valence-corrected chi connectivity index (χ4v) is 3.57. The second-order valence-electron chi connectivity index (χ2n) is 9.96. The first kappa shape index (κ1) is 33.0. The average Bonchev–Trinajstić information content (AvgIpc) is 3.01. The molecule has 0 heterocycles. The van der Waals surface area contributed by atoms with Crippen LogP contribution in [0.3, 0.4) is 0 Å². The first-order valence-electron chi connectivity index (χ1n) is 13.7. The van der Waals surface area contributed by atoms with Gasteiger partial charge in [-0.1, -0.05) is 49.6 Å². The Kier molecular flexibility index (Phi) is 11.0. The number of carbonyl (C=O) groups excluding carboxylic acids is 4. The molecule has 3 rings (SSSR count). The highest BCUT2D eigenvalue weighted by atomic mass is 16.5. The first-order valence-corrected chi connectivity index (χ1v) is 13.7. The molecule has 0 radical (unpaired) electrons. The van der Waals surface area contributed by atoms with Crippen LogP contribution >= 0.6 is 0 Å². The van der Waals surface area contributed by atoms with Crippen LogP contribution < -0.4 is 18.9 Å². The average molecular weight is 595 g/mol. The molecular formula is C36H34O8. The number of ether oxygens (including phenoxy) is 4. The number of esters is 4. The van der Waals surface area contributed by atoms with E-state index in [1.165, 1.54) is 0 Å². The van der Waals surface area contributed by atoms with Crippen LogP contribution in [0.4, 0.5) is 0 Å². The van der Waals surface area contributed by atoms with Gasteiger partial charge in [-0.05, 0) is 89.1 Å². The predicted octanol–water partition coefficient (Wildman–Crippen LogP) is 7.73. The van der Waals surface area contributed by atoms with E-state index in [0.29, 0.717) is 44.9 Å². The zero-order chi connectivity index (χ0) is 32.6. The molecule has 0 saturated heterocycles. The molecule has 0 bridgehead atoms. The summed E-state index contributed by atoms with van der Waals surface area (Å²) in [6.07, 6.45) is 3.27. The van der Waals surface area contributed by atoms with Gasteiger partial charge in [0.1, 0.15) is 23.0 Å². The maximum absolute atomic E-state index is 12.9. The summed E-state index contributed by atoms with van der Waals surface area (Å²) in [7, 11) is 0. The highest BCUT2D eigenvalue weighted by Crippen LogP contribution is 2.42. The summed E-state index contributed by atoms with van der Waals surface area (Å²) in [5.41, 5.74) is 3.36. The molecule has 0 N–H and O–H groups in total. The Morgan fingerprint density at radius 3 is 1.11 bits per heavy atom. The number of hydrogen-bond donors (Lipinski definition) is 0. The molecule has 0 aliphatic rings. The molecule has 3 aromatic rings. The lowest BCUT2D eigenvalue weighted by molar-refractivity contribution is -0.131. The molecule has 0 aliphatic heterocycles. The molecule has 8 heteroatoms. The van der Waals surface area contributed by atoms with Gasteiger partial charge in [0.2, 0.25) is 0 Å². The molecule has 0 fully saturated rings. The molecule has 3 aromatic carbocycles. The molecule has 8 nitrogen and oxygen atoms in total. The third-order valence-corrected chi connectivity index (χ3v) is 6.45. The van der Waals surface area contributed by atoms with Crippen molar-refractivity contribution in [2.45, 2.75) is 41.5 Å². The van der Waals surface area contributed by atoms with Crippen LogP contribution in [0.25, 0.3) is 22.3 Å². The smallest absolute Gasteiger partial charge is 0.338 e. The van der Waals surface area contributed by atoms with Crippen LogP contribution in [0, 0.1) is 0 Å². The topological polar surface area (TPSA) is 105 Å². The summed E-state index contributed by atoms with van der Waals surface area (Å²) in [4.78, 5) is 49.7. The quantitative estimate of drug-likeness (QED) is 0.133. The maximum atomic E-state index is 12.9. The van der Waals surface area contributed by atoms with Crippen LogP contribution in [-0.2, 0) is 19.2 Å². The van der Waals surface area contributed by atoms with Crippen molar-refractivity contribution in [3.8, 4) is 45.3 Å². The van der Waals surface area contributed by atoms with Crippen LogP contribution in [0.5, 0.6) is 23.0 Å². The highest BCUT2D eigenvalue weighted by Gasteiger charge is 2.21. The van der Waals surface area contributed by atoms with E-state index >= 15 is 0 Å². The molecule has 0 amide bonds. The maximum Gasteiger partial charge on any atom is 0.338 e. The second-order valence-corrected chi connectivity index (χ2v) is 9.96. The van der Waals surface area contributed by atoms with Gasteiger partial charge in [0, 0.05) is 33.4 Å². The number of hydrogen-bond acceptors (Lipinski definition) is 8. The fourth-order valence-electron chi connectivity index (χ4n) is 3.57. The molecule has 0 saturated carbocycles. The largest absolute Gasteiger partial charge is 0.423 e. The number of carbonyl (C=O) groups is 4. The molecule has 0 aromatic heterocycles. The van der Waals surface area contributed by atoms with Gasteiger partial charge in [-0.3, -0.25) is 0 Å². The van der Waals surface area contributed by atoms with E-state index in [4.69, 9.17) is 18.9 Å². The summed E-state index contributed by atoms with van der Waals surface area (Å²) in [5.74, 6) is -1.28. The molecule has 0 atom stereocenters. The number of benzene rings is 3. The van der Waals surface area contributed by atoms with E-state index in [1.807, 2.05) is 0 Å². The first-order chi connectivity index (χ1) is 20.8. The van der Waals surface area contributed by atoms with Crippen molar-refractivity contribution in [1.29, 1.82) is 0 Å². The summed E-state index contributed by atoms with van der Waals surface area (Å²) in [6.45, 7) is 17.0. The van der Waals surface area contributed by atoms with Crippen molar-refractivity contribution in [1.82, 2.24) is 0 Å². The van der Waals surface area contributed by atoms with Gasteiger partial charge < -0.3 is 18.9 Å². The van der Waals surface area contributed by atoms with Crippen LogP contribution in [-0.4, -0.2) is 23.9 Å². The van der Waals surface area contributed by atoms with E-state index in [1.54, 1.807) is 114 Å². The zero-order valence-electron chi connectivity index (χ0n) is 25.6. The Hall–Kier alpha value is -5.50. The third kappa shape index (κ3) is 8.29. The van der Waals surface area contributed by atoms with Gasteiger partial charge in [-0.15, -0.1) is 0 Å². The van der Waals surface area contributed by atoms with E-state index in [2.05, 4.69) is 13.2 Å². The van der Waals surface area contributed by atoms with Gasteiger partial charge in [-0.25, -0.2) is 19.2 Å². The minimum atomic E-state index is -0.566. The molecule has 0 spiro atoms.